The zero-order chi connectivity index (χ0) is 22.7. The molecule has 4 rings (SSSR count). The van der Waals surface area contributed by atoms with E-state index in [-0.39, 0.29) is 29.7 Å². The number of aryl methyl sites for hydroxylation is 1. The van der Waals surface area contributed by atoms with Crippen molar-refractivity contribution in [1.29, 1.82) is 0 Å². The Kier molecular flexibility index (Phi) is 6.52. The lowest BCUT2D eigenvalue weighted by atomic mass is 10.0. The molecule has 0 saturated carbocycles. The molecule has 3 aromatic rings. The first-order valence-electron chi connectivity index (χ1n) is 10.8. The fourth-order valence-electron chi connectivity index (χ4n) is 3.99. The molecule has 1 saturated heterocycles. The van der Waals surface area contributed by atoms with E-state index in [1.54, 1.807) is 28.9 Å². The largest absolute Gasteiger partial charge is 0.351 e. The van der Waals surface area contributed by atoms with E-state index in [9.17, 15) is 17.6 Å². The van der Waals surface area contributed by atoms with Gasteiger partial charge in [-0.05, 0) is 55.2 Å². The molecular formula is C22H26FN5O3S. The molecule has 10 heteroatoms. The second-order valence-corrected chi connectivity index (χ2v) is 9.83. The number of halogens is 1. The minimum Gasteiger partial charge on any atom is -0.351 e. The van der Waals surface area contributed by atoms with Gasteiger partial charge in [0.05, 0.1) is 10.4 Å². The van der Waals surface area contributed by atoms with Gasteiger partial charge in [-0.15, -0.1) is 5.10 Å². The van der Waals surface area contributed by atoms with Crippen molar-refractivity contribution >= 4 is 27.0 Å². The van der Waals surface area contributed by atoms with Crippen molar-refractivity contribution in [3.8, 4) is 0 Å². The van der Waals surface area contributed by atoms with E-state index in [1.165, 1.54) is 22.5 Å². The van der Waals surface area contributed by atoms with Crippen LogP contribution in [-0.2, 0) is 27.9 Å². The Hall–Kier alpha value is -2.85. The number of piperidine rings is 1. The molecule has 8 nitrogen and oxygen atoms in total. The molecule has 1 atom stereocenters. The average Bonchev–Trinajstić information content (AvgIpc) is 3.21. The molecule has 2 heterocycles. The first kappa shape index (κ1) is 22.3. The topological polar surface area (TPSA) is 97.2 Å². The van der Waals surface area contributed by atoms with E-state index in [0.717, 1.165) is 23.9 Å². The van der Waals surface area contributed by atoms with E-state index in [1.807, 2.05) is 6.92 Å². The zero-order valence-corrected chi connectivity index (χ0v) is 18.7. The van der Waals surface area contributed by atoms with Crippen molar-refractivity contribution in [3.05, 3.63) is 53.8 Å². The highest BCUT2D eigenvalue weighted by Crippen LogP contribution is 2.27. The second-order valence-electron chi connectivity index (χ2n) is 7.93. The Morgan fingerprint density at radius 1 is 1.19 bits per heavy atom. The molecule has 1 aliphatic rings. The van der Waals surface area contributed by atoms with E-state index in [2.05, 4.69) is 15.6 Å². The van der Waals surface area contributed by atoms with Gasteiger partial charge in [-0.2, -0.15) is 4.31 Å². The number of benzene rings is 2. The first-order chi connectivity index (χ1) is 15.4. The minimum absolute atomic E-state index is 0.104. The fourth-order valence-corrected chi connectivity index (χ4v) is 5.67. The maximum atomic E-state index is 13.4. The molecule has 2 aromatic carbocycles. The van der Waals surface area contributed by atoms with E-state index in [4.69, 9.17) is 0 Å². The number of nitrogens with zero attached hydrogens (tertiary/aromatic N) is 4. The summed E-state index contributed by atoms with van der Waals surface area (Å²) in [7, 11) is -3.89. The van der Waals surface area contributed by atoms with Crippen molar-refractivity contribution in [2.24, 2.45) is 0 Å². The van der Waals surface area contributed by atoms with Crippen LogP contribution in [0.3, 0.4) is 0 Å². The highest BCUT2D eigenvalue weighted by atomic mass is 32.2. The maximum Gasteiger partial charge on any atom is 0.243 e. The van der Waals surface area contributed by atoms with Crippen LogP contribution in [0.4, 0.5) is 4.39 Å². The van der Waals surface area contributed by atoms with E-state index in [0.29, 0.717) is 24.9 Å². The smallest absolute Gasteiger partial charge is 0.243 e. The summed E-state index contributed by atoms with van der Waals surface area (Å²) in [5.74, 6) is -0.705. The molecular weight excluding hydrogens is 433 g/mol. The molecule has 1 N–H and O–H groups in total. The van der Waals surface area contributed by atoms with Crippen LogP contribution in [0, 0.1) is 5.82 Å². The Balaban J connectivity index is 1.54. The van der Waals surface area contributed by atoms with Crippen molar-refractivity contribution < 1.29 is 17.6 Å². The van der Waals surface area contributed by atoms with Crippen LogP contribution < -0.4 is 5.32 Å². The van der Waals surface area contributed by atoms with Crippen molar-refractivity contribution in [2.45, 2.75) is 56.6 Å². The van der Waals surface area contributed by atoms with Crippen LogP contribution in [-0.4, -0.2) is 46.2 Å². The molecule has 1 aromatic heterocycles. The standard InChI is InChI=1S/C22H26FN5O3S/c1-2-12-27-20-11-10-18(14-19(20)25-26-27)32(30,31)28-13-4-3-5-21(28)22(29)24-15-16-6-8-17(23)9-7-16/h6-11,14,21H,2-5,12-13,15H2,1H3,(H,24,29). The number of hydrogen-bond acceptors (Lipinski definition) is 5. The normalized spacial score (nSPS) is 17.5. The molecule has 32 heavy (non-hydrogen) atoms. The minimum atomic E-state index is -3.89. The maximum absolute atomic E-state index is 13.4. The van der Waals surface area contributed by atoms with Gasteiger partial charge in [0.2, 0.25) is 15.9 Å². The number of aromatic nitrogens is 3. The second kappa shape index (κ2) is 9.33. The molecule has 0 bridgehead atoms. The third-order valence-corrected chi connectivity index (χ3v) is 7.57. The average molecular weight is 460 g/mol. The van der Waals surface area contributed by atoms with Gasteiger partial charge in [0, 0.05) is 19.6 Å². The van der Waals surface area contributed by atoms with Crippen LogP contribution in [0.15, 0.2) is 47.4 Å². The van der Waals surface area contributed by atoms with Crippen LogP contribution >= 0.6 is 0 Å². The molecule has 1 unspecified atom stereocenters. The Morgan fingerprint density at radius 2 is 1.97 bits per heavy atom. The van der Waals surface area contributed by atoms with Gasteiger partial charge >= 0.3 is 0 Å². The van der Waals surface area contributed by atoms with Crippen LogP contribution in [0.1, 0.15) is 38.2 Å². The van der Waals surface area contributed by atoms with Gasteiger partial charge in [-0.3, -0.25) is 4.79 Å². The number of hydrogen-bond donors (Lipinski definition) is 1. The molecule has 0 spiro atoms. The molecule has 0 aliphatic carbocycles. The molecule has 1 aliphatic heterocycles. The van der Waals surface area contributed by atoms with Gasteiger partial charge in [-0.25, -0.2) is 17.5 Å². The highest BCUT2D eigenvalue weighted by Gasteiger charge is 2.37. The van der Waals surface area contributed by atoms with Gasteiger partial charge in [0.15, 0.2) is 0 Å². The predicted molar refractivity (Wildman–Crippen MR) is 118 cm³/mol. The summed E-state index contributed by atoms with van der Waals surface area (Å²) < 4.78 is 43.0. The number of nitrogens with one attached hydrogen (secondary N) is 1. The molecule has 170 valence electrons. The summed E-state index contributed by atoms with van der Waals surface area (Å²) in [6.07, 6.45) is 2.80. The predicted octanol–water partition coefficient (Wildman–Crippen LogP) is 2.84. The summed E-state index contributed by atoms with van der Waals surface area (Å²) in [6.45, 7) is 3.21. The fraction of sp³-hybridized carbons (Fsp3) is 0.409. The number of carbonyl (C=O) groups is 1. The highest BCUT2D eigenvalue weighted by molar-refractivity contribution is 7.89. The van der Waals surface area contributed by atoms with Crippen LogP contribution in [0.5, 0.6) is 0 Å². The number of rotatable bonds is 7. The summed E-state index contributed by atoms with van der Waals surface area (Å²) in [5.41, 5.74) is 2.03. The lowest BCUT2D eigenvalue weighted by Gasteiger charge is -2.33. The van der Waals surface area contributed by atoms with E-state index < -0.39 is 16.1 Å². The van der Waals surface area contributed by atoms with Gasteiger partial charge in [0.1, 0.15) is 17.4 Å². The molecule has 1 fully saturated rings. The van der Waals surface area contributed by atoms with E-state index >= 15 is 0 Å². The van der Waals surface area contributed by atoms with Crippen molar-refractivity contribution in [3.63, 3.8) is 0 Å². The molecule has 0 radical (unpaired) electrons. The Bertz CT molecular complexity index is 1210. The number of amides is 1. The van der Waals surface area contributed by atoms with Gasteiger partial charge in [-0.1, -0.05) is 30.7 Å². The van der Waals surface area contributed by atoms with Gasteiger partial charge in [0.25, 0.3) is 0 Å². The third-order valence-electron chi connectivity index (χ3n) is 5.66. The van der Waals surface area contributed by atoms with Crippen LogP contribution in [0.25, 0.3) is 11.0 Å². The van der Waals surface area contributed by atoms with Crippen molar-refractivity contribution in [2.75, 3.05) is 6.54 Å². The first-order valence-corrected chi connectivity index (χ1v) is 12.2. The summed E-state index contributed by atoms with van der Waals surface area (Å²) in [6, 6.07) is 9.82. The molecule has 1 amide bonds. The number of carbonyl (C=O) groups excluding carboxylic acids is 1. The number of fused-ring (bicyclic) bond motifs is 1. The lowest BCUT2D eigenvalue weighted by molar-refractivity contribution is -0.125. The SMILES string of the molecule is CCCn1nnc2cc(S(=O)(=O)N3CCCCC3C(=O)NCc3ccc(F)cc3)ccc21. The third kappa shape index (κ3) is 4.51. The number of sulfonamides is 1. The Morgan fingerprint density at radius 3 is 2.72 bits per heavy atom. The summed E-state index contributed by atoms with van der Waals surface area (Å²) in [5, 5.41) is 11.0. The monoisotopic (exact) mass is 459 g/mol. The lowest BCUT2D eigenvalue weighted by Crippen LogP contribution is -2.51. The Labute approximate surface area is 186 Å². The zero-order valence-electron chi connectivity index (χ0n) is 17.9. The summed E-state index contributed by atoms with van der Waals surface area (Å²) in [4.78, 5) is 13.0. The van der Waals surface area contributed by atoms with Crippen LogP contribution in [0.2, 0.25) is 0 Å². The quantitative estimate of drug-likeness (QED) is 0.586. The summed E-state index contributed by atoms with van der Waals surface area (Å²) >= 11 is 0. The van der Waals surface area contributed by atoms with Gasteiger partial charge < -0.3 is 5.32 Å². The van der Waals surface area contributed by atoms with Crippen molar-refractivity contribution in [1.82, 2.24) is 24.6 Å².